The van der Waals surface area contributed by atoms with Gasteiger partial charge in [-0.1, -0.05) is 69.8 Å². The fraction of sp³-hybridized carbons (Fsp3) is 0.778. The lowest BCUT2D eigenvalue weighted by Gasteiger charge is -1.99. The Morgan fingerprint density at radius 1 is 0.800 bits per heavy atom. The Kier molecular flexibility index (Phi) is 16.0. The first-order valence-corrected chi connectivity index (χ1v) is 8.49. The summed E-state index contributed by atoms with van der Waals surface area (Å²) in [6.45, 7) is 2.30. The van der Waals surface area contributed by atoms with Gasteiger partial charge in [-0.2, -0.15) is 0 Å². The van der Waals surface area contributed by atoms with Crippen LogP contribution in [0.1, 0.15) is 77.6 Å². The van der Waals surface area contributed by atoms with Gasteiger partial charge >= 0.3 is 0 Å². The van der Waals surface area contributed by atoms with Crippen molar-refractivity contribution in [2.24, 2.45) is 5.73 Å². The zero-order valence-electron chi connectivity index (χ0n) is 13.4. The van der Waals surface area contributed by atoms with Gasteiger partial charge in [0.25, 0.3) is 0 Å². The molecule has 0 aliphatic heterocycles. The molecule has 0 saturated carbocycles. The third-order valence-electron chi connectivity index (χ3n) is 3.48. The van der Waals surface area contributed by atoms with E-state index < -0.39 is 0 Å². The summed E-state index contributed by atoms with van der Waals surface area (Å²) in [5, 5.41) is 8.75. The highest BCUT2D eigenvalue weighted by molar-refractivity contribution is 4.91. The number of allylic oxidation sites excluding steroid dienone is 3. The first kappa shape index (κ1) is 19.4. The summed E-state index contributed by atoms with van der Waals surface area (Å²) in [5.74, 6) is 0. The number of unbranched alkanes of at least 4 members (excludes halogenated alkanes) is 9. The van der Waals surface area contributed by atoms with Crippen LogP contribution in [0.2, 0.25) is 0 Å². The van der Waals surface area contributed by atoms with Crippen molar-refractivity contribution in [2.75, 3.05) is 6.61 Å². The second-order valence-corrected chi connectivity index (χ2v) is 5.59. The van der Waals surface area contributed by atoms with E-state index in [9.17, 15) is 0 Å². The number of nitrogens with two attached hydrogens (primary N) is 1. The van der Waals surface area contributed by atoms with Gasteiger partial charge in [0, 0.05) is 6.04 Å². The molecule has 3 N–H and O–H groups in total. The van der Waals surface area contributed by atoms with Crippen LogP contribution in [-0.4, -0.2) is 17.8 Å². The third-order valence-corrected chi connectivity index (χ3v) is 3.48. The molecule has 0 heterocycles. The number of hydrogen-bond donors (Lipinski definition) is 2. The predicted molar refractivity (Wildman–Crippen MR) is 89.8 cm³/mol. The Hall–Kier alpha value is -0.600. The van der Waals surface area contributed by atoms with Gasteiger partial charge < -0.3 is 10.8 Å². The normalized spacial score (nSPS) is 13.6. The lowest BCUT2D eigenvalue weighted by Crippen LogP contribution is -2.20. The molecule has 0 aromatic rings. The molecule has 0 saturated heterocycles. The van der Waals surface area contributed by atoms with Crippen molar-refractivity contribution in [1.29, 1.82) is 0 Å². The van der Waals surface area contributed by atoms with Gasteiger partial charge in [0.05, 0.1) is 6.61 Å². The van der Waals surface area contributed by atoms with Crippen LogP contribution >= 0.6 is 0 Å². The highest BCUT2D eigenvalue weighted by Gasteiger charge is 1.91. The molecule has 0 bridgehead atoms. The van der Waals surface area contributed by atoms with Gasteiger partial charge in [-0.25, -0.2) is 0 Å². The summed E-state index contributed by atoms with van der Waals surface area (Å²) in [6.07, 6.45) is 22.9. The van der Waals surface area contributed by atoms with Crippen LogP contribution < -0.4 is 5.73 Å². The summed E-state index contributed by atoms with van der Waals surface area (Å²) in [4.78, 5) is 0. The van der Waals surface area contributed by atoms with Crippen LogP contribution in [0.15, 0.2) is 24.3 Å². The van der Waals surface area contributed by atoms with Crippen LogP contribution in [0.25, 0.3) is 0 Å². The van der Waals surface area contributed by atoms with Crippen molar-refractivity contribution in [3.8, 4) is 0 Å². The van der Waals surface area contributed by atoms with Gasteiger partial charge in [0.15, 0.2) is 0 Å². The maximum Gasteiger partial charge on any atom is 0.0618 e. The van der Waals surface area contributed by atoms with E-state index in [0.29, 0.717) is 0 Å². The third kappa shape index (κ3) is 15.5. The van der Waals surface area contributed by atoms with Gasteiger partial charge in [0.2, 0.25) is 0 Å². The van der Waals surface area contributed by atoms with Gasteiger partial charge in [-0.15, -0.1) is 0 Å². The maximum absolute atomic E-state index is 8.75. The molecule has 118 valence electrons. The second-order valence-electron chi connectivity index (χ2n) is 5.59. The van der Waals surface area contributed by atoms with Crippen molar-refractivity contribution >= 4 is 0 Å². The Bertz CT molecular complexity index is 236. The highest BCUT2D eigenvalue weighted by Crippen LogP contribution is 2.09. The smallest absolute Gasteiger partial charge is 0.0618 e. The molecule has 0 aliphatic carbocycles. The molecule has 0 aromatic carbocycles. The van der Waals surface area contributed by atoms with Crippen LogP contribution in [0.3, 0.4) is 0 Å². The molecule has 0 aliphatic rings. The van der Waals surface area contributed by atoms with Crippen molar-refractivity contribution in [3.05, 3.63) is 24.3 Å². The summed E-state index contributed by atoms with van der Waals surface area (Å²) in [5.41, 5.74) is 5.57. The van der Waals surface area contributed by atoms with Gasteiger partial charge in [0.1, 0.15) is 0 Å². The summed E-state index contributed by atoms with van der Waals surface area (Å²) in [7, 11) is 0. The summed E-state index contributed by atoms with van der Waals surface area (Å²) in [6, 6.07) is -0.192. The predicted octanol–water partition coefficient (Wildman–Crippen LogP) is 4.73. The van der Waals surface area contributed by atoms with Crippen molar-refractivity contribution < 1.29 is 5.11 Å². The van der Waals surface area contributed by atoms with E-state index in [1.807, 2.05) is 6.08 Å². The monoisotopic (exact) mass is 281 g/mol. The molecule has 0 rings (SSSR count). The molecule has 1 unspecified atom stereocenters. The number of aliphatic hydroxyl groups excluding tert-OH is 1. The average Bonchev–Trinajstić information content (AvgIpc) is 2.47. The molecule has 0 spiro atoms. The lowest BCUT2D eigenvalue weighted by molar-refractivity contribution is 0.284. The molecule has 2 nitrogen and oxygen atoms in total. The molecule has 20 heavy (non-hydrogen) atoms. The van der Waals surface area contributed by atoms with Crippen molar-refractivity contribution in [3.63, 3.8) is 0 Å². The van der Waals surface area contributed by atoms with Crippen molar-refractivity contribution in [2.45, 2.75) is 83.6 Å². The minimum absolute atomic E-state index is 0.0366. The molecule has 0 aromatic heterocycles. The largest absolute Gasteiger partial charge is 0.394 e. The number of aliphatic hydroxyl groups is 1. The Morgan fingerprint density at radius 2 is 1.35 bits per heavy atom. The molecular weight excluding hydrogens is 246 g/mol. The first-order valence-electron chi connectivity index (χ1n) is 8.49. The number of hydrogen-bond acceptors (Lipinski definition) is 2. The standard InChI is InChI=1S/C18H35NO/c1-2-3-4-5-6-7-8-9-10-11-12-13-14-15-16-18(19)17-20/h10-11,15-16,18,20H,2-9,12-14,17,19H2,1H3. The van der Waals surface area contributed by atoms with E-state index in [-0.39, 0.29) is 12.6 Å². The number of rotatable bonds is 14. The summed E-state index contributed by atoms with van der Waals surface area (Å²) >= 11 is 0. The first-order chi connectivity index (χ1) is 9.81. The fourth-order valence-electron chi connectivity index (χ4n) is 2.14. The van der Waals surface area contributed by atoms with E-state index in [1.54, 1.807) is 0 Å². The highest BCUT2D eigenvalue weighted by atomic mass is 16.3. The van der Waals surface area contributed by atoms with Crippen molar-refractivity contribution in [1.82, 2.24) is 0 Å². The molecule has 0 amide bonds. The van der Waals surface area contributed by atoms with Crippen LogP contribution in [0.4, 0.5) is 0 Å². The van der Waals surface area contributed by atoms with Crippen LogP contribution in [0.5, 0.6) is 0 Å². The zero-order valence-corrected chi connectivity index (χ0v) is 13.4. The topological polar surface area (TPSA) is 46.2 Å². The van der Waals surface area contributed by atoms with E-state index in [2.05, 4.69) is 25.2 Å². The van der Waals surface area contributed by atoms with Crippen LogP contribution in [0, 0.1) is 0 Å². The van der Waals surface area contributed by atoms with E-state index in [1.165, 1.54) is 57.8 Å². The quantitative estimate of drug-likeness (QED) is 0.357. The second kappa shape index (κ2) is 16.5. The molecule has 2 heteroatoms. The van der Waals surface area contributed by atoms with Crippen LogP contribution in [-0.2, 0) is 0 Å². The average molecular weight is 281 g/mol. The molecular formula is C18H35NO. The minimum Gasteiger partial charge on any atom is -0.394 e. The van der Waals surface area contributed by atoms with E-state index in [4.69, 9.17) is 10.8 Å². The lowest BCUT2D eigenvalue weighted by atomic mass is 10.1. The summed E-state index contributed by atoms with van der Waals surface area (Å²) < 4.78 is 0. The molecule has 0 radical (unpaired) electrons. The Morgan fingerprint density at radius 3 is 2.00 bits per heavy atom. The maximum atomic E-state index is 8.75. The molecule has 1 atom stereocenters. The Labute approximate surface area is 126 Å². The molecule has 0 fully saturated rings. The fourth-order valence-corrected chi connectivity index (χ4v) is 2.14. The minimum atomic E-state index is -0.192. The van der Waals surface area contributed by atoms with E-state index >= 15 is 0 Å². The SMILES string of the molecule is CCCCCCCCCC=CCCCC=CC(N)CO. The zero-order chi connectivity index (χ0) is 14.9. The van der Waals surface area contributed by atoms with Gasteiger partial charge in [-0.05, 0) is 32.1 Å². The Balaban J connectivity index is 3.18. The van der Waals surface area contributed by atoms with Gasteiger partial charge in [-0.3, -0.25) is 0 Å². The van der Waals surface area contributed by atoms with E-state index in [0.717, 1.165) is 12.8 Å².